The second-order valence-electron chi connectivity index (χ2n) is 4.63. The van der Waals surface area contributed by atoms with E-state index in [1.807, 2.05) is 19.2 Å². The summed E-state index contributed by atoms with van der Waals surface area (Å²) in [4.78, 5) is 0. The van der Waals surface area contributed by atoms with Gasteiger partial charge >= 0.3 is 0 Å². The first-order valence-corrected chi connectivity index (χ1v) is 6.40. The molecule has 0 spiro atoms. The number of rotatable bonds is 5. The summed E-state index contributed by atoms with van der Waals surface area (Å²) in [7, 11) is 2.04. The minimum absolute atomic E-state index is 0.503. The first-order chi connectivity index (χ1) is 7.60. The predicted molar refractivity (Wildman–Crippen MR) is 72.2 cm³/mol. The monoisotopic (exact) mass is 239 g/mol. The minimum Gasteiger partial charge on any atom is -0.316 e. The lowest BCUT2D eigenvalue weighted by atomic mass is 9.83. The molecule has 0 saturated heterocycles. The number of hydrogen-bond acceptors (Lipinski definition) is 1. The molecule has 1 N–H and O–H groups in total. The van der Waals surface area contributed by atoms with E-state index in [1.54, 1.807) is 0 Å². The third kappa shape index (κ3) is 3.23. The lowest BCUT2D eigenvalue weighted by Gasteiger charge is -2.29. The third-order valence-corrected chi connectivity index (χ3v) is 3.44. The average molecular weight is 240 g/mol. The van der Waals surface area contributed by atoms with Crippen LogP contribution < -0.4 is 5.32 Å². The number of benzene rings is 1. The fraction of sp³-hybridized carbons (Fsp3) is 0.571. The lowest BCUT2D eigenvalue weighted by Crippen LogP contribution is -2.36. The average Bonchev–Trinajstić information content (AvgIpc) is 2.25. The van der Waals surface area contributed by atoms with Gasteiger partial charge in [-0.1, -0.05) is 44.5 Å². The Morgan fingerprint density at radius 3 is 2.44 bits per heavy atom. The first-order valence-electron chi connectivity index (χ1n) is 6.02. The molecule has 0 radical (unpaired) electrons. The maximum atomic E-state index is 6.05. The topological polar surface area (TPSA) is 12.0 Å². The van der Waals surface area contributed by atoms with Gasteiger partial charge in [-0.2, -0.15) is 0 Å². The molecule has 0 heterocycles. The van der Waals surface area contributed by atoms with Gasteiger partial charge in [0.25, 0.3) is 0 Å². The molecule has 2 heteroatoms. The highest BCUT2D eigenvalue weighted by molar-refractivity contribution is 6.30. The maximum Gasteiger partial charge on any atom is 0.0408 e. The molecule has 2 atom stereocenters. The summed E-state index contributed by atoms with van der Waals surface area (Å²) in [6, 6.07) is 8.73. The summed E-state index contributed by atoms with van der Waals surface area (Å²) in [5.74, 6) is 1.15. The second kappa shape index (κ2) is 6.27. The van der Waals surface area contributed by atoms with Gasteiger partial charge in [0.15, 0.2) is 0 Å². The molecule has 0 aliphatic carbocycles. The zero-order valence-electron chi connectivity index (χ0n) is 10.6. The Bertz CT molecular complexity index is 322. The van der Waals surface area contributed by atoms with E-state index in [0.717, 1.165) is 11.4 Å². The molecule has 1 aromatic rings. The molecule has 0 aromatic heterocycles. The SMILES string of the molecule is CCC(c1cccc(Cl)c1)C(NC)C(C)C. The normalized spacial score (nSPS) is 15.1. The zero-order valence-corrected chi connectivity index (χ0v) is 11.4. The van der Waals surface area contributed by atoms with E-state index in [2.05, 4.69) is 38.2 Å². The van der Waals surface area contributed by atoms with Crippen molar-refractivity contribution < 1.29 is 0 Å². The van der Waals surface area contributed by atoms with Crippen LogP contribution in [-0.4, -0.2) is 13.1 Å². The van der Waals surface area contributed by atoms with Gasteiger partial charge in [0, 0.05) is 11.1 Å². The van der Waals surface area contributed by atoms with Crippen LogP contribution in [0.1, 0.15) is 38.7 Å². The van der Waals surface area contributed by atoms with Crippen LogP contribution in [0.2, 0.25) is 5.02 Å². The number of likely N-dealkylation sites (N-methyl/N-ethyl adjacent to an activating group) is 1. The van der Waals surface area contributed by atoms with E-state index in [-0.39, 0.29) is 0 Å². The van der Waals surface area contributed by atoms with Gasteiger partial charge in [0.2, 0.25) is 0 Å². The summed E-state index contributed by atoms with van der Waals surface area (Å²) in [6.07, 6.45) is 1.13. The van der Waals surface area contributed by atoms with Gasteiger partial charge in [-0.05, 0) is 43.0 Å². The molecule has 16 heavy (non-hydrogen) atoms. The summed E-state index contributed by atoms with van der Waals surface area (Å²) in [5.41, 5.74) is 1.34. The van der Waals surface area contributed by atoms with Crippen LogP contribution in [0.15, 0.2) is 24.3 Å². The van der Waals surface area contributed by atoms with Gasteiger partial charge in [-0.25, -0.2) is 0 Å². The smallest absolute Gasteiger partial charge is 0.0408 e. The van der Waals surface area contributed by atoms with Crippen molar-refractivity contribution in [2.24, 2.45) is 5.92 Å². The summed E-state index contributed by atoms with van der Waals surface area (Å²) < 4.78 is 0. The Morgan fingerprint density at radius 1 is 1.31 bits per heavy atom. The van der Waals surface area contributed by atoms with E-state index >= 15 is 0 Å². The third-order valence-electron chi connectivity index (χ3n) is 3.20. The fourth-order valence-electron chi connectivity index (χ4n) is 2.43. The van der Waals surface area contributed by atoms with E-state index in [4.69, 9.17) is 11.6 Å². The van der Waals surface area contributed by atoms with Gasteiger partial charge in [0.1, 0.15) is 0 Å². The Morgan fingerprint density at radius 2 is 2.00 bits per heavy atom. The molecule has 0 aliphatic rings. The van der Waals surface area contributed by atoms with E-state index in [9.17, 15) is 0 Å². The van der Waals surface area contributed by atoms with Crippen LogP contribution in [0.5, 0.6) is 0 Å². The van der Waals surface area contributed by atoms with Crippen molar-refractivity contribution in [3.8, 4) is 0 Å². The Kier molecular flexibility index (Phi) is 5.30. The van der Waals surface area contributed by atoms with Gasteiger partial charge in [-0.15, -0.1) is 0 Å². The molecule has 1 aromatic carbocycles. The molecule has 0 aliphatic heterocycles. The van der Waals surface area contributed by atoms with Crippen molar-refractivity contribution >= 4 is 11.6 Å². The molecule has 90 valence electrons. The molecule has 1 rings (SSSR count). The van der Waals surface area contributed by atoms with Crippen molar-refractivity contribution in [3.63, 3.8) is 0 Å². The highest BCUT2D eigenvalue weighted by Gasteiger charge is 2.22. The minimum atomic E-state index is 0.503. The number of nitrogens with one attached hydrogen (secondary N) is 1. The van der Waals surface area contributed by atoms with E-state index in [1.165, 1.54) is 5.56 Å². The van der Waals surface area contributed by atoms with Crippen LogP contribution in [0.25, 0.3) is 0 Å². The van der Waals surface area contributed by atoms with Gasteiger partial charge in [0.05, 0.1) is 0 Å². The lowest BCUT2D eigenvalue weighted by molar-refractivity contribution is 0.355. The Hall–Kier alpha value is -0.530. The highest BCUT2D eigenvalue weighted by Crippen LogP contribution is 2.28. The van der Waals surface area contributed by atoms with Crippen molar-refractivity contribution in [2.45, 2.75) is 39.2 Å². The summed E-state index contributed by atoms with van der Waals surface area (Å²) in [5, 5.41) is 4.26. The number of hydrogen-bond donors (Lipinski definition) is 1. The van der Waals surface area contributed by atoms with Crippen molar-refractivity contribution in [2.75, 3.05) is 7.05 Å². The summed E-state index contributed by atoms with van der Waals surface area (Å²) >= 11 is 6.05. The van der Waals surface area contributed by atoms with E-state index < -0.39 is 0 Å². The van der Waals surface area contributed by atoms with Crippen LogP contribution in [-0.2, 0) is 0 Å². The second-order valence-corrected chi connectivity index (χ2v) is 5.06. The molecule has 0 fully saturated rings. The summed E-state index contributed by atoms with van der Waals surface area (Å²) in [6.45, 7) is 6.75. The predicted octanol–water partition coefficient (Wildman–Crippen LogP) is 4.08. The maximum absolute atomic E-state index is 6.05. The Labute approximate surface area is 104 Å². The van der Waals surface area contributed by atoms with Gasteiger partial charge < -0.3 is 5.32 Å². The molecule has 0 bridgehead atoms. The van der Waals surface area contributed by atoms with Crippen molar-refractivity contribution in [1.29, 1.82) is 0 Å². The zero-order chi connectivity index (χ0) is 12.1. The number of halogens is 1. The molecule has 0 saturated carbocycles. The van der Waals surface area contributed by atoms with Crippen LogP contribution in [0, 0.1) is 5.92 Å². The van der Waals surface area contributed by atoms with E-state index in [0.29, 0.717) is 17.9 Å². The first kappa shape index (κ1) is 13.5. The van der Waals surface area contributed by atoms with Gasteiger partial charge in [-0.3, -0.25) is 0 Å². The van der Waals surface area contributed by atoms with Crippen molar-refractivity contribution in [1.82, 2.24) is 5.32 Å². The molecule has 0 amide bonds. The van der Waals surface area contributed by atoms with Crippen LogP contribution in [0.4, 0.5) is 0 Å². The highest BCUT2D eigenvalue weighted by atomic mass is 35.5. The molecule has 1 nitrogen and oxygen atoms in total. The quantitative estimate of drug-likeness (QED) is 0.817. The molecular formula is C14H22ClN. The van der Waals surface area contributed by atoms with Crippen LogP contribution in [0.3, 0.4) is 0 Å². The fourth-order valence-corrected chi connectivity index (χ4v) is 2.63. The largest absolute Gasteiger partial charge is 0.316 e. The van der Waals surface area contributed by atoms with Crippen molar-refractivity contribution in [3.05, 3.63) is 34.9 Å². The molecule has 2 unspecified atom stereocenters. The molecular weight excluding hydrogens is 218 g/mol. The van der Waals surface area contributed by atoms with Crippen LogP contribution >= 0.6 is 11.6 Å². The Balaban J connectivity index is 2.96. The standard InChI is InChI=1S/C14H22ClN/c1-5-13(14(16-4)10(2)3)11-7-6-8-12(15)9-11/h6-10,13-14,16H,5H2,1-4H3.